The summed E-state index contributed by atoms with van der Waals surface area (Å²) in [5, 5.41) is 11.7. The van der Waals surface area contributed by atoms with Crippen molar-refractivity contribution in [1.29, 1.82) is 0 Å². The summed E-state index contributed by atoms with van der Waals surface area (Å²) in [6.07, 6.45) is 7.60. The van der Waals surface area contributed by atoms with Crippen molar-refractivity contribution in [1.82, 2.24) is 5.32 Å². The predicted octanol–water partition coefficient (Wildman–Crippen LogP) is 1.29. The third-order valence-corrected chi connectivity index (χ3v) is 2.28. The normalized spacial score (nSPS) is 24.8. The summed E-state index contributed by atoms with van der Waals surface area (Å²) in [5.74, 6) is 0. The van der Waals surface area contributed by atoms with Crippen LogP contribution in [0, 0.1) is 0 Å². The number of nitrogens with one attached hydrogen (secondary N) is 1. The Kier molecular flexibility index (Phi) is 4.55. The highest BCUT2D eigenvalue weighted by Gasteiger charge is 2.11. The van der Waals surface area contributed by atoms with E-state index < -0.39 is 0 Å². The third-order valence-electron chi connectivity index (χ3n) is 2.28. The molecule has 2 fully saturated rings. The first-order chi connectivity index (χ1) is 5.39. The van der Waals surface area contributed by atoms with Gasteiger partial charge in [-0.1, -0.05) is 6.42 Å². The van der Waals surface area contributed by atoms with Gasteiger partial charge in [0.15, 0.2) is 0 Å². The second kappa shape index (κ2) is 5.56. The lowest BCUT2D eigenvalue weighted by atomic mass is 9.97. The average molecular weight is 157 g/mol. The summed E-state index contributed by atoms with van der Waals surface area (Å²) in [7, 11) is 0. The molecule has 1 saturated carbocycles. The number of hydrogen-bond donors (Lipinski definition) is 2. The van der Waals surface area contributed by atoms with Gasteiger partial charge < -0.3 is 10.4 Å². The van der Waals surface area contributed by atoms with Gasteiger partial charge in [0.25, 0.3) is 0 Å². The van der Waals surface area contributed by atoms with E-state index in [-0.39, 0.29) is 6.10 Å². The van der Waals surface area contributed by atoms with Crippen LogP contribution in [0.25, 0.3) is 0 Å². The molecule has 0 aromatic carbocycles. The van der Waals surface area contributed by atoms with Gasteiger partial charge in [-0.25, -0.2) is 0 Å². The molecular weight excluding hydrogens is 138 g/mol. The van der Waals surface area contributed by atoms with E-state index in [9.17, 15) is 0 Å². The first kappa shape index (κ1) is 9.01. The Balaban J connectivity index is 0.000000112. The fourth-order valence-corrected chi connectivity index (χ4v) is 1.19. The molecule has 0 atom stereocenters. The van der Waals surface area contributed by atoms with Gasteiger partial charge in [0.2, 0.25) is 0 Å². The largest absolute Gasteiger partial charge is 0.393 e. The predicted molar refractivity (Wildman–Crippen MR) is 46.6 cm³/mol. The molecule has 1 aliphatic heterocycles. The highest BCUT2D eigenvalue weighted by atomic mass is 16.3. The molecule has 66 valence electrons. The van der Waals surface area contributed by atoms with Gasteiger partial charge in [-0.2, -0.15) is 0 Å². The Bertz CT molecular complexity index is 76.1. The van der Waals surface area contributed by atoms with Gasteiger partial charge in [-0.15, -0.1) is 0 Å². The molecule has 2 rings (SSSR count). The number of aliphatic hydroxyl groups excluding tert-OH is 1. The molecular formula is C9H19NO. The lowest BCUT2D eigenvalue weighted by Crippen LogP contribution is -2.21. The average Bonchev–Trinajstić information content (AvgIpc) is 2.05. The fraction of sp³-hybridized carbons (Fsp3) is 1.00. The zero-order valence-electron chi connectivity index (χ0n) is 7.18. The van der Waals surface area contributed by atoms with E-state index in [1.807, 2.05) is 0 Å². The number of rotatable bonds is 0. The van der Waals surface area contributed by atoms with Crippen LogP contribution in [0.1, 0.15) is 38.5 Å². The van der Waals surface area contributed by atoms with Crippen molar-refractivity contribution in [3.05, 3.63) is 0 Å². The van der Waals surface area contributed by atoms with Crippen LogP contribution in [0.3, 0.4) is 0 Å². The van der Waals surface area contributed by atoms with Crippen LogP contribution in [0.5, 0.6) is 0 Å². The molecule has 2 nitrogen and oxygen atoms in total. The van der Waals surface area contributed by atoms with Crippen molar-refractivity contribution in [3.63, 3.8) is 0 Å². The minimum absolute atomic E-state index is 0.0648. The maximum absolute atomic E-state index is 8.45. The van der Waals surface area contributed by atoms with Crippen LogP contribution in [0.4, 0.5) is 0 Å². The third kappa shape index (κ3) is 4.38. The van der Waals surface area contributed by atoms with Gasteiger partial charge in [-0.3, -0.25) is 0 Å². The first-order valence-corrected chi connectivity index (χ1v) is 4.78. The van der Waals surface area contributed by atoms with E-state index in [1.54, 1.807) is 0 Å². The van der Waals surface area contributed by atoms with Crippen molar-refractivity contribution in [2.75, 3.05) is 13.1 Å². The maximum Gasteiger partial charge on any atom is 0.0540 e. The van der Waals surface area contributed by atoms with E-state index >= 15 is 0 Å². The van der Waals surface area contributed by atoms with Gasteiger partial charge in [0, 0.05) is 0 Å². The SMILES string of the molecule is C1CCNCC1.OC1CCC1. The molecule has 0 bridgehead atoms. The van der Waals surface area contributed by atoms with Crippen molar-refractivity contribution in [3.8, 4) is 0 Å². The second-order valence-electron chi connectivity index (χ2n) is 3.40. The Hall–Kier alpha value is -0.0800. The molecule has 0 amide bonds. The van der Waals surface area contributed by atoms with Crippen molar-refractivity contribution >= 4 is 0 Å². The molecule has 1 heterocycles. The summed E-state index contributed by atoms with van der Waals surface area (Å²) < 4.78 is 0. The van der Waals surface area contributed by atoms with Gasteiger partial charge in [0.05, 0.1) is 6.10 Å². The maximum atomic E-state index is 8.45. The Morgan fingerprint density at radius 3 is 1.55 bits per heavy atom. The van der Waals surface area contributed by atoms with Crippen LogP contribution in [-0.4, -0.2) is 24.3 Å². The van der Waals surface area contributed by atoms with Gasteiger partial charge in [0.1, 0.15) is 0 Å². The summed E-state index contributed by atoms with van der Waals surface area (Å²) in [4.78, 5) is 0. The molecule has 0 spiro atoms. The molecule has 1 aliphatic carbocycles. The highest BCUT2D eigenvalue weighted by Crippen LogP contribution is 2.16. The summed E-state index contributed by atoms with van der Waals surface area (Å²) in [6, 6.07) is 0. The molecule has 11 heavy (non-hydrogen) atoms. The van der Waals surface area contributed by atoms with Crippen molar-refractivity contribution in [2.45, 2.75) is 44.6 Å². The van der Waals surface area contributed by atoms with Crippen LogP contribution in [0.2, 0.25) is 0 Å². The van der Waals surface area contributed by atoms with E-state index in [1.165, 1.54) is 38.8 Å². The quantitative estimate of drug-likeness (QED) is 0.555. The number of aliphatic hydroxyl groups is 1. The van der Waals surface area contributed by atoms with E-state index in [2.05, 4.69) is 5.32 Å². The Morgan fingerprint density at radius 2 is 1.45 bits per heavy atom. The Labute approximate surface area is 69.0 Å². The number of hydrogen-bond acceptors (Lipinski definition) is 2. The smallest absolute Gasteiger partial charge is 0.0540 e. The molecule has 2 aliphatic rings. The summed E-state index contributed by atoms with van der Waals surface area (Å²) in [6.45, 7) is 2.50. The monoisotopic (exact) mass is 157 g/mol. The topological polar surface area (TPSA) is 32.3 Å². The molecule has 1 saturated heterocycles. The van der Waals surface area contributed by atoms with E-state index in [4.69, 9.17) is 5.11 Å². The summed E-state index contributed by atoms with van der Waals surface area (Å²) in [5.41, 5.74) is 0. The van der Waals surface area contributed by atoms with Gasteiger partial charge in [-0.05, 0) is 45.2 Å². The zero-order valence-corrected chi connectivity index (χ0v) is 7.18. The molecule has 0 radical (unpaired) electrons. The van der Waals surface area contributed by atoms with E-state index in [0.29, 0.717) is 0 Å². The summed E-state index contributed by atoms with van der Waals surface area (Å²) >= 11 is 0. The molecule has 2 N–H and O–H groups in total. The lowest BCUT2D eigenvalue weighted by molar-refractivity contribution is 0.0950. The standard InChI is InChI=1S/C5H11N.C4H8O/c1-2-4-6-5-3-1;5-4-2-1-3-4/h6H,1-5H2;4-5H,1-3H2. The van der Waals surface area contributed by atoms with Crippen LogP contribution >= 0.6 is 0 Å². The van der Waals surface area contributed by atoms with Crippen molar-refractivity contribution < 1.29 is 5.11 Å². The minimum Gasteiger partial charge on any atom is -0.393 e. The molecule has 0 aromatic rings. The highest BCUT2D eigenvalue weighted by molar-refractivity contribution is 4.65. The molecule has 0 unspecified atom stereocenters. The van der Waals surface area contributed by atoms with Crippen LogP contribution < -0.4 is 5.32 Å². The van der Waals surface area contributed by atoms with Gasteiger partial charge >= 0.3 is 0 Å². The molecule has 0 aromatic heterocycles. The number of piperidine rings is 1. The zero-order chi connectivity index (χ0) is 7.94. The first-order valence-electron chi connectivity index (χ1n) is 4.78. The Morgan fingerprint density at radius 1 is 0.909 bits per heavy atom. The van der Waals surface area contributed by atoms with E-state index in [0.717, 1.165) is 12.8 Å². The minimum atomic E-state index is 0.0648. The fourth-order valence-electron chi connectivity index (χ4n) is 1.19. The van der Waals surface area contributed by atoms with Crippen LogP contribution in [0.15, 0.2) is 0 Å². The second-order valence-corrected chi connectivity index (χ2v) is 3.40. The van der Waals surface area contributed by atoms with Crippen molar-refractivity contribution in [2.24, 2.45) is 0 Å². The molecule has 2 heteroatoms. The van der Waals surface area contributed by atoms with Crippen LogP contribution in [-0.2, 0) is 0 Å². The lowest BCUT2D eigenvalue weighted by Gasteiger charge is -2.17.